The van der Waals surface area contributed by atoms with E-state index in [2.05, 4.69) is 4.36 Å². The normalized spacial score (nSPS) is 11.1. The number of amides is 1. The van der Waals surface area contributed by atoms with Crippen molar-refractivity contribution in [1.29, 1.82) is 0 Å². The highest BCUT2D eigenvalue weighted by molar-refractivity contribution is 7.92. The van der Waals surface area contributed by atoms with Gasteiger partial charge in [0.2, 0.25) is 0 Å². The lowest BCUT2D eigenvalue weighted by atomic mass is 10.3. The minimum atomic E-state index is -2.48. The Hall–Kier alpha value is -1.14. The molecule has 0 atom stereocenters. The molecule has 0 spiro atoms. The summed E-state index contributed by atoms with van der Waals surface area (Å²) in [6.45, 7) is -0.360. The van der Waals surface area contributed by atoms with Crippen molar-refractivity contribution in [2.75, 3.05) is 19.1 Å². The van der Waals surface area contributed by atoms with Gasteiger partial charge in [-0.05, 0) is 12.1 Å². The maximum atomic E-state index is 12.8. The van der Waals surface area contributed by atoms with Crippen LogP contribution in [-0.4, -0.2) is 29.2 Å². The van der Waals surface area contributed by atoms with Crippen molar-refractivity contribution in [1.82, 2.24) is 0 Å². The number of halogens is 2. The minimum Gasteiger partial charge on any atom is -0.484 e. The summed E-state index contributed by atoms with van der Waals surface area (Å²) in [6, 6.07) is 3.71. The molecule has 1 aromatic rings. The van der Waals surface area contributed by atoms with Gasteiger partial charge in [-0.25, -0.2) is 8.60 Å². The topological polar surface area (TPSA) is 55.7 Å². The molecule has 7 heteroatoms. The maximum Gasteiger partial charge on any atom is 0.291 e. The molecule has 0 saturated heterocycles. The molecule has 0 aliphatic heterocycles. The Kier molecular flexibility index (Phi) is 4.47. The molecule has 0 N–H and O–H groups in total. The van der Waals surface area contributed by atoms with Gasteiger partial charge in [0.1, 0.15) is 11.6 Å². The Morgan fingerprint density at radius 2 is 2.18 bits per heavy atom. The highest BCUT2D eigenvalue weighted by atomic mass is 35.5. The van der Waals surface area contributed by atoms with E-state index in [1.165, 1.54) is 24.6 Å². The lowest BCUT2D eigenvalue weighted by molar-refractivity contribution is -0.119. The second kappa shape index (κ2) is 5.46. The SMILES string of the molecule is CS(C)(=O)=NC(=O)COc1ccc(F)c(Cl)c1. The predicted octanol–water partition coefficient (Wildman–Crippen LogP) is 2.11. The van der Waals surface area contributed by atoms with Crippen LogP contribution in [0.15, 0.2) is 22.6 Å². The third kappa shape index (κ3) is 5.14. The fraction of sp³-hybridized carbons (Fsp3) is 0.300. The van der Waals surface area contributed by atoms with Crippen LogP contribution in [0.2, 0.25) is 5.02 Å². The van der Waals surface area contributed by atoms with E-state index < -0.39 is 21.5 Å². The zero-order valence-corrected chi connectivity index (χ0v) is 10.8. The van der Waals surface area contributed by atoms with Crippen LogP contribution in [-0.2, 0) is 14.5 Å². The van der Waals surface area contributed by atoms with Crippen molar-refractivity contribution in [3.63, 3.8) is 0 Å². The van der Waals surface area contributed by atoms with E-state index in [-0.39, 0.29) is 17.4 Å². The van der Waals surface area contributed by atoms with E-state index in [4.69, 9.17) is 16.3 Å². The molecule has 0 saturated carbocycles. The van der Waals surface area contributed by atoms with E-state index in [1.807, 2.05) is 0 Å². The highest BCUT2D eigenvalue weighted by Crippen LogP contribution is 2.20. The molecule has 0 unspecified atom stereocenters. The summed E-state index contributed by atoms with van der Waals surface area (Å²) in [6.07, 6.45) is 2.69. The third-order valence-corrected chi connectivity index (χ3v) is 2.51. The summed E-state index contributed by atoms with van der Waals surface area (Å²) in [5.41, 5.74) is 0. The Morgan fingerprint density at radius 1 is 1.53 bits per heavy atom. The zero-order valence-electron chi connectivity index (χ0n) is 9.28. The Morgan fingerprint density at radius 3 is 2.71 bits per heavy atom. The predicted molar refractivity (Wildman–Crippen MR) is 64.3 cm³/mol. The smallest absolute Gasteiger partial charge is 0.291 e. The summed E-state index contributed by atoms with van der Waals surface area (Å²) in [5.74, 6) is -0.959. The van der Waals surface area contributed by atoms with Gasteiger partial charge in [0, 0.05) is 28.3 Å². The number of carbonyl (C=O) groups is 1. The molecule has 94 valence electrons. The van der Waals surface area contributed by atoms with E-state index in [9.17, 15) is 13.4 Å². The van der Waals surface area contributed by atoms with Crippen molar-refractivity contribution in [3.8, 4) is 5.75 Å². The van der Waals surface area contributed by atoms with E-state index in [0.29, 0.717) is 0 Å². The van der Waals surface area contributed by atoms with Crippen LogP contribution in [0.25, 0.3) is 0 Å². The summed E-state index contributed by atoms with van der Waals surface area (Å²) in [7, 11) is -2.48. The average Bonchev–Trinajstić information content (AvgIpc) is 2.17. The first kappa shape index (κ1) is 13.9. The van der Waals surface area contributed by atoms with Gasteiger partial charge in [-0.1, -0.05) is 11.6 Å². The van der Waals surface area contributed by atoms with Gasteiger partial charge in [0.05, 0.1) is 5.02 Å². The maximum absolute atomic E-state index is 12.8. The van der Waals surface area contributed by atoms with Crippen LogP contribution in [0.4, 0.5) is 4.39 Å². The molecular formula is C10H11ClFNO3S. The Labute approximate surface area is 104 Å². The lowest BCUT2D eigenvalue weighted by Gasteiger charge is -2.04. The minimum absolute atomic E-state index is 0.0957. The third-order valence-electron chi connectivity index (χ3n) is 1.58. The fourth-order valence-corrected chi connectivity index (χ4v) is 1.70. The molecule has 1 aromatic carbocycles. The van der Waals surface area contributed by atoms with Gasteiger partial charge >= 0.3 is 0 Å². The van der Waals surface area contributed by atoms with E-state index in [1.54, 1.807) is 0 Å². The summed E-state index contributed by atoms with van der Waals surface area (Å²) in [5, 5.41) is -0.0957. The average molecular weight is 280 g/mol. The van der Waals surface area contributed by atoms with Gasteiger partial charge in [0.15, 0.2) is 6.61 Å². The van der Waals surface area contributed by atoms with Crippen LogP contribution in [0.3, 0.4) is 0 Å². The fourth-order valence-electron chi connectivity index (χ4n) is 0.983. The first-order valence-corrected chi connectivity index (χ1v) is 7.27. The second-order valence-corrected chi connectivity index (χ2v) is 6.48. The summed E-state index contributed by atoms with van der Waals surface area (Å²) < 4.78 is 32.5. The summed E-state index contributed by atoms with van der Waals surface area (Å²) in [4.78, 5) is 11.2. The quantitative estimate of drug-likeness (QED) is 0.851. The first-order chi connectivity index (χ1) is 7.78. The van der Waals surface area contributed by atoms with Crippen molar-refractivity contribution in [2.45, 2.75) is 0 Å². The number of ether oxygens (including phenoxy) is 1. The lowest BCUT2D eigenvalue weighted by Crippen LogP contribution is -2.10. The summed E-state index contributed by atoms with van der Waals surface area (Å²) >= 11 is 5.53. The van der Waals surface area contributed by atoms with Crippen LogP contribution in [0, 0.1) is 5.82 Å². The molecule has 0 aromatic heterocycles. The standard InChI is InChI=1S/C10H11ClFNO3S/c1-17(2,15)13-10(14)6-16-7-3-4-9(12)8(11)5-7/h3-5H,6H2,1-2H3. The van der Waals surface area contributed by atoms with Gasteiger partial charge in [0.25, 0.3) is 5.91 Å². The number of benzene rings is 1. The van der Waals surface area contributed by atoms with Crippen LogP contribution in [0.1, 0.15) is 0 Å². The van der Waals surface area contributed by atoms with Crippen molar-refractivity contribution in [3.05, 3.63) is 29.0 Å². The van der Waals surface area contributed by atoms with Gasteiger partial charge in [-0.2, -0.15) is 4.36 Å². The highest BCUT2D eigenvalue weighted by Gasteiger charge is 2.05. The number of nitrogens with zero attached hydrogens (tertiary/aromatic N) is 1. The van der Waals surface area contributed by atoms with Gasteiger partial charge in [-0.15, -0.1) is 0 Å². The molecule has 4 nitrogen and oxygen atoms in total. The number of hydrogen-bond acceptors (Lipinski definition) is 3. The molecule has 0 radical (unpaired) electrons. The molecule has 0 aliphatic carbocycles. The largest absolute Gasteiger partial charge is 0.484 e. The van der Waals surface area contributed by atoms with Crippen molar-refractivity contribution in [2.24, 2.45) is 4.36 Å². The number of carbonyl (C=O) groups excluding carboxylic acids is 1. The molecule has 0 bridgehead atoms. The number of rotatable bonds is 3. The van der Waals surface area contributed by atoms with Crippen molar-refractivity contribution < 1.29 is 18.1 Å². The van der Waals surface area contributed by atoms with Gasteiger partial charge in [-0.3, -0.25) is 4.79 Å². The van der Waals surface area contributed by atoms with Crippen LogP contribution < -0.4 is 4.74 Å². The van der Waals surface area contributed by atoms with E-state index >= 15 is 0 Å². The molecule has 1 rings (SSSR count). The molecule has 1 amide bonds. The van der Waals surface area contributed by atoms with E-state index in [0.717, 1.165) is 6.07 Å². The molecule has 0 aliphatic rings. The molecular weight excluding hydrogens is 269 g/mol. The molecule has 0 heterocycles. The zero-order chi connectivity index (χ0) is 13.1. The number of hydrogen-bond donors (Lipinski definition) is 0. The Bertz CT molecular complexity index is 544. The van der Waals surface area contributed by atoms with Crippen LogP contribution >= 0.6 is 11.6 Å². The Balaban J connectivity index is 2.66. The molecule has 0 fully saturated rings. The monoisotopic (exact) mass is 279 g/mol. The van der Waals surface area contributed by atoms with Gasteiger partial charge < -0.3 is 4.74 Å². The molecule has 17 heavy (non-hydrogen) atoms. The first-order valence-electron chi connectivity index (χ1n) is 4.56. The van der Waals surface area contributed by atoms with Crippen LogP contribution in [0.5, 0.6) is 5.75 Å². The second-order valence-electron chi connectivity index (χ2n) is 3.53. The van der Waals surface area contributed by atoms with Crippen molar-refractivity contribution >= 4 is 27.2 Å².